The van der Waals surface area contributed by atoms with E-state index >= 15 is 0 Å². The third-order valence-corrected chi connectivity index (χ3v) is 7.06. The fourth-order valence-electron chi connectivity index (χ4n) is 3.11. The number of hydrogen-bond donors (Lipinski definition) is 0. The Hall–Kier alpha value is -2.22. The second-order valence-electron chi connectivity index (χ2n) is 7.02. The average molecular weight is 506 g/mol. The number of alkyl halides is 1. The molecule has 0 spiro atoms. The van der Waals surface area contributed by atoms with Gasteiger partial charge in [-0.25, -0.2) is 13.2 Å². The second-order valence-corrected chi connectivity index (χ2v) is 9.56. The smallest absolute Gasteiger partial charge is 0.330 e. The van der Waals surface area contributed by atoms with Gasteiger partial charge in [0.05, 0.1) is 12.0 Å². The third-order valence-electron chi connectivity index (χ3n) is 4.75. The number of halogens is 1. The van der Waals surface area contributed by atoms with E-state index in [1.807, 2.05) is 49.4 Å². The van der Waals surface area contributed by atoms with Gasteiger partial charge in [0.25, 0.3) is 0 Å². The summed E-state index contributed by atoms with van der Waals surface area (Å²) in [5, 5.41) is 0.636. The van der Waals surface area contributed by atoms with Gasteiger partial charge in [-0.15, -0.1) is 0 Å². The molecule has 0 unspecified atom stereocenters. The summed E-state index contributed by atoms with van der Waals surface area (Å²) in [6, 6.07) is 16.2. The molecule has 0 bridgehead atoms. The lowest BCUT2D eigenvalue weighted by Gasteiger charge is -2.30. The molecule has 0 heterocycles. The Kier molecular flexibility index (Phi) is 10.2. The van der Waals surface area contributed by atoms with Crippen molar-refractivity contribution in [1.29, 1.82) is 0 Å². The van der Waals surface area contributed by atoms with Crippen molar-refractivity contribution in [2.75, 3.05) is 19.0 Å². The Labute approximate surface area is 193 Å². The first-order valence-electron chi connectivity index (χ1n) is 9.96. The molecule has 0 saturated carbocycles. The highest BCUT2D eigenvalue weighted by atomic mass is 79.9. The van der Waals surface area contributed by atoms with Gasteiger partial charge in [0.2, 0.25) is 10.0 Å². The number of aryl methyl sites for hydroxylation is 1. The van der Waals surface area contributed by atoms with E-state index in [9.17, 15) is 13.2 Å². The SMILES string of the molecule is COC(=O)/C=C/C[C@H](Cc1ccccc1)N(C/C=C/CBr)S(=O)(=O)c1ccc(C)cc1. The number of esters is 1. The van der Waals surface area contributed by atoms with Crippen LogP contribution in [0.25, 0.3) is 0 Å². The maximum absolute atomic E-state index is 13.6. The number of carbonyl (C=O) groups is 1. The van der Waals surface area contributed by atoms with E-state index in [-0.39, 0.29) is 17.5 Å². The van der Waals surface area contributed by atoms with Gasteiger partial charge in [0.1, 0.15) is 0 Å². The number of ether oxygens (including phenoxy) is 1. The van der Waals surface area contributed by atoms with Crippen LogP contribution in [0.2, 0.25) is 0 Å². The van der Waals surface area contributed by atoms with Crippen molar-refractivity contribution in [3.05, 3.63) is 90.0 Å². The van der Waals surface area contributed by atoms with Crippen molar-refractivity contribution >= 4 is 31.9 Å². The predicted octanol–water partition coefficient (Wildman–Crippen LogP) is 4.67. The Morgan fingerprint density at radius 2 is 1.74 bits per heavy atom. The molecule has 0 fully saturated rings. The van der Waals surface area contributed by atoms with E-state index in [0.717, 1.165) is 11.1 Å². The van der Waals surface area contributed by atoms with E-state index in [1.54, 1.807) is 30.3 Å². The molecule has 2 rings (SSSR count). The van der Waals surface area contributed by atoms with Crippen molar-refractivity contribution in [2.24, 2.45) is 0 Å². The van der Waals surface area contributed by atoms with Gasteiger partial charge in [-0.2, -0.15) is 4.31 Å². The topological polar surface area (TPSA) is 63.7 Å². The summed E-state index contributed by atoms with van der Waals surface area (Å²) in [4.78, 5) is 11.8. The number of hydrogen-bond acceptors (Lipinski definition) is 4. The van der Waals surface area contributed by atoms with Crippen LogP contribution in [0.1, 0.15) is 17.5 Å². The van der Waals surface area contributed by atoms with Crippen LogP contribution in [-0.2, 0) is 26.0 Å². The van der Waals surface area contributed by atoms with Crippen LogP contribution >= 0.6 is 15.9 Å². The molecule has 0 aromatic heterocycles. The van der Waals surface area contributed by atoms with E-state index in [1.165, 1.54) is 17.5 Å². The Morgan fingerprint density at radius 3 is 2.35 bits per heavy atom. The van der Waals surface area contributed by atoms with Crippen LogP contribution in [0.5, 0.6) is 0 Å². The van der Waals surface area contributed by atoms with Gasteiger partial charge in [-0.1, -0.05) is 82.2 Å². The molecule has 0 N–H and O–H groups in total. The predicted molar refractivity (Wildman–Crippen MR) is 128 cm³/mol. The van der Waals surface area contributed by atoms with Crippen LogP contribution in [0.4, 0.5) is 0 Å². The van der Waals surface area contributed by atoms with E-state index in [4.69, 9.17) is 0 Å². The summed E-state index contributed by atoms with van der Waals surface area (Å²) in [7, 11) is -2.44. The monoisotopic (exact) mass is 505 g/mol. The molecule has 0 saturated heterocycles. The first kappa shape index (κ1) is 25.0. The number of allylic oxidation sites excluding steroid dienone is 1. The number of benzene rings is 2. The molecule has 0 amide bonds. The van der Waals surface area contributed by atoms with E-state index in [0.29, 0.717) is 18.2 Å². The van der Waals surface area contributed by atoms with Crippen molar-refractivity contribution in [2.45, 2.75) is 30.7 Å². The maximum Gasteiger partial charge on any atom is 0.330 e. The minimum atomic E-state index is -3.76. The maximum atomic E-state index is 13.6. The molecule has 2 aromatic carbocycles. The molecule has 2 aromatic rings. The number of carbonyl (C=O) groups excluding carboxylic acids is 1. The molecule has 0 aliphatic carbocycles. The Morgan fingerprint density at radius 1 is 1.06 bits per heavy atom. The molecule has 5 nitrogen and oxygen atoms in total. The number of rotatable bonds is 11. The van der Waals surface area contributed by atoms with Crippen molar-refractivity contribution in [3.63, 3.8) is 0 Å². The highest BCUT2D eigenvalue weighted by molar-refractivity contribution is 9.09. The molecule has 0 aliphatic rings. The van der Waals surface area contributed by atoms with Crippen molar-refractivity contribution in [1.82, 2.24) is 4.31 Å². The Bertz CT molecular complexity index is 986. The van der Waals surface area contributed by atoms with Gasteiger partial charge in [-0.3, -0.25) is 0 Å². The van der Waals surface area contributed by atoms with Crippen LogP contribution in [0.3, 0.4) is 0 Å². The number of nitrogens with zero attached hydrogens (tertiary/aromatic N) is 1. The van der Waals surface area contributed by atoms with Crippen molar-refractivity contribution in [3.8, 4) is 0 Å². The average Bonchev–Trinajstić information content (AvgIpc) is 2.77. The zero-order valence-electron chi connectivity index (χ0n) is 17.8. The lowest BCUT2D eigenvalue weighted by Crippen LogP contribution is -2.41. The summed E-state index contributed by atoms with van der Waals surface area (Å²) < 4.78 is 33.3. The molecule has 31 heavy (non-hydrogen) atoms. The first-order valence-corrected chi connectivity index (χ1v) is 12.5. The lowest BCUT2D eigenvalue weighted by atomic mass is 10.0. The molecular weight excluding hydrogens is 478 g/mol. The van der Waals surface area contributed by atoms with Gasteiger partial charge in [-0.05, 0) is 37.5 Å². The third kappa shape index (κ3) is 7.76. The lowest BCUT2D eigenvalue weighted by molar-refractivity contribution is -0.134. The largest absolute Gasteiger partial charge is 0.466 e. The second kappa shape index (κ2) is 12.6. The van der Waals surface area contributed by atoms with Gasteiger partial charge >= 0.3 is 5.97 Å². The van der Waals surface area contributed by atoms with E-state index < -0.39 is 16.0 Å². The summed E-state index contributed by atoms with van der Waals surface area (Å²) >= 11 is 3.34. The fraction of sp³-hybridized carbons (Fsp3) is 0.292. The molecular formula is C24H28BrNO4S. The summed E-state index contributed by atoms with van der Waals surface area (Å²) in [6.45, 7) is 2.15. The quantitative estimate of drug-likeness (QED) is 0.192. The molecule has 0 aliphatic heterocycles. The summed E-state index contributed by atoms with van der Waals surface area (Å²) in [5.74, 6) is -0.467. The van der Waals surface area contributed by atoms with Crippen LogP contribution in [-0.4, -0.2) is 43.7 Å². The minimum Gasteiger partial charge on any atom is -0.466 e. The van der Waals surface area contributed by atoms with Crippen LogP contribution in [0.15, 0.2) is 83.8 Å². The van der Waals surface area contributed by atoms with Crippen LogP contribution in [0, 0.1) is 6.92 Å². The highest BCUT2D eigenvalue weighted by Gasteiger charge is 2.30. The molecule has 0 radical (unpaired) electrons. The normalized spacial score (nSPS) is 13.2. The molecule has 1 atom stereocenters. The number of sulfonamides is 1. The first-order chi connectivity index (χ1) is 14.9. The summed E-state index contributed by atoms with van der Waals surface area (Å²) in [6.07, 6.45) is 7.61. The zero-order valence-corrected chi connectivity index (χ0v) is 20.2. The highest BCUT2D eigenvalue weighted by Crippen LogP contribution is 2.23. The van der Waals surface area contributed by atoms with E-state index in [2.05, 4.69) is 20.7 Å². The molecule has 7 heteroatoms. The van der Waals surface area contributed by atoms with Gasteiger partial charge in [0, 0.05) is 24.0 Å². The van der Waals surface area contributed by atoms with Gasteiger partial charge < -0.3 is 4.74 Å². The van der Waals surface area contributed by atoms with Gasteiger partial charge in [0.15, 0.2) is 0 Å². The zero-order chi connectivity index (χ0) is 22.7. The van der Waals surface area contributed by atoms with Crippen molar-refractivity contribution < 1.29 is 17.9 Å². The fourth-order valence-corrected chi connectivity index (χ4v) is 4.96. The van der Waals surface area contributed by atoms with Crippen LogP contribution < -0.4 is 0 Å². The standard InChI is InChI=1S/C24H28BrNO4S/c1-20-13-15-23(16-14-20)31(28,29)26(18-7-6-17-25)22(11-8-12-24(27)30-2)19-21-9-4-3-5-10-21/h3-10,12-16,22H,11,17-19H2,1-2H3/b7-6+,12-8+/t22-/m1/s1. The minimum absolute atomic E-state index is 0.228. The Balaban J connectivity index is 2.44. The summed E-state index contributed by atoms with van der Waals surface area (Å²) in [5.41, 5.74) is 2.01. The molecule has 166 valence electrons. The number of methoxy groups -OCH3 is 1.